The van der Waals surface area contributed by atoms with Crippen LogP contribution >= 0.6 is 0 Å². The predicted molar refractivity (Wildman–Crippen MR) is 25.6 cm³/mol. The molecule has 0 fully saturated rings. The van der Waals surface area contributed by atoms with Crippen molar-refractivity contribution in [1.29, 1.82) is 0 Å². The smallest absolute Gasteiger partial charge is 0 e. The van der Waals surface area contributed by atoms with Crippen LogP contribution in [0.3, 0.4) is 0 Å². The van der Waals surface area contributed by atoms with Crippen molar-refractivity contribution in [3.05, 3.63) is 0 Å². The summed E-state index contributed by atoms with van der Waals surface area (Å²) in [5, 5.41) is 0. The average Bonchev–Trinajstić information content (AvgIpc) is 0. The van der Waals surface area contributed by atoms with Gasteiger partial charge < -0.3 is 0 Å². The van der Waals surface area contributed by atoms with Gasteiger partial charge in [-0.15, -0.1) is 0 Å². The minimum atomic E-state index is 0. The Morgan fingerprint density at radius 1 is 0.750 bits per heavy atom. The van der Waals surface area contributed by atoms with Crippen molar-refractivity contribution in [2.24, 2.45) is 0 Å². The second-order valence-electron chi connectivity index (χ2n) is 0. The van der Waals surface area contributed by atoms with Gasteiger partial charge in [0, 0.05) is 17.1 Å². The summed E-state index contributed by atoms with van der Waals surface area (Å²) in [6, 6.07) is 0. The third-order valence-corrected chi connectivity index (χ3v) is 0. The Balaban J connectivity index is 0. The van der Waals surface area contributed by atoms with Crippen molar-refractivity contribution in [1.82, 2.24) is 0 Å². The molecule has 0 amide bonds. The van der Waals surface area contributed by atoms with E-state index < -0.39 is 0 Å². The Bertz CT molecular complexity index is 6.00. The molecule has 0 aromatic carbocycles. The second-order valence-corrected chi connectivity index (χ2v) is 0. The number of hydrogen-bond donors (Lipinski definition) is 0. The maximum absolute atomic E-state index is 0. The van der Waals surface area contributed by atoms with Gasteiger partial charge in [0.05, 0.1) is 0 Å². The molecule has 0 aliphatic carbocycles. The molecule has 0 aliphatic rings. The Morgan fingerprint density at radius 3 is 0.750 bits per heavy atom. The summed E-state index contributed by atoms with van der Waals surface area (Å²) in [6.07, 6.45) is 0. The maximum atomic E-state index is 0. The van der Waals surface area contributed by atoms with Gasteiger partial charge in [0.25, 0.3) is 0 Å². The zero-order valence-corrected chi connectivity index (χ0v) is 1.56. The van der Waals surface area contributed by atoms with Gasteiger partial charge in [-0.1, -0.05) is 0 Å². The van der Waals surface area contributed by atoms with Crippen molar-refractivity contribution in [3.8, 4) is 0 Å². The van der Waals surface area contributed by atoms with E-state index in [2.05, 4.69) is 0 Å². The largest absolute Gasteiger partial charge is 0.316 e. The monoisotopic (exact) mass is 165 g/mol. The molecule has 0 aliphatic heterocycles. The molecule has 0 saturated heterocycles. The maximum Gasteiger partial charge on any atom is 0.316 e. The quantitative estimate of drug-likeness (QED) is 0.342. The standard InChI is InChI=1S/2Ca.Mg.Mn.6H. The van der Waals surface area contributed by atoms with E-state index in [4.69, 9.17) is 0 Å². The molecule has 19 valence electrons. The average molecular weight is 165 g/mol. The molecule has 0 aromatic heterocycles. The summed E-state index contributed by atoms with van der Waals surface area (Å²) in [7, 11) is 0. The molecule has 0 atom stereocenters. The minimum absolute atomic E-state index is 0. The van der Waals surface area contributed by atoms with Crippen LogP contribution in [0.1, 0.15) is 0 Å². The summed E-state index contributed by atoms with van der Waals surface area (Å²) in [4.78, 5) is 0. The van der Waals surface area contributed by atoms with E-state index in [-0.39, 0.29) is 116 Å². The van der Waals surface area contributed by atoms with Crippen LogP contribution < -0.4 is 0 Å². The van der Waals surface area contributed by atoms with Gasteiger partial charge in [-0.3, -0.25) is 0 Å². The molecule has 4 heavy (non-hydrogen) atoms. The van der Waals surface area contributed by atoms with E-state index in [0.717, 1.165) is 0 Å². The molecule has 0 aromatic rings. The van der Waals surface area contributed by atoms with Crippen LogP contribution in [0.15, 0.2) is 0 Å². The summed E-state index contributed by atoms with van der Waals surface area (Å²) >= 11 is 0. The molecule has 0 N–H and O–H groups in total. The fraction of sp³-hybridized carbons (Fsp3) is 0. The molecule has 0 nitrogen and oxygen atoms in total. The van der Waals surface area contributed by atoms with Crippen molar-refractivity contribution in [2.45, 2.75) is 0 Å². The summed E-state index contributed by atoms with van der Waals surface area (Å²) in [5.41, 5.74) is 0. The van der Waals surface area contributed by atoms with Crippen LogP contribution in [0.25, 0.3) is 0 Å². The minimum Gasteiger partial charge on any atom is 0 e. The van der Waals surface area contributed by atoms with Crippen molar-refractivity contribution in [3.63, 3.8) is 0 Å². The van der Waals surface area contributed by atoms with E-state index in [1.165, 1.54) is 0 Å². The second kappa shape index (κ2) is 15.8. The number of rotatable bonds is 0. The third kappa shape index (κ3) is 9.26. The molecule has 0 heterocycles. The molecule has 0 spiro atoms. The fourth-order valence-electron chi connectivity index (χ4n) is 0. The van der Waals surface area contributed by atoms with Crippen LogP contribution in [0.5, 0.6) is 0 Å². The Morgan fingerprint density at radius 2 is 0.750 bits per heavy atom. The predicted octanol–water partition coefficient (Wildman–Crippen LogP) is -2.75. The van der Waals surface area contributed by atoms with Crippen LogP contribution in [0.2, 0.25) is 0 Å². The Labute approximate surface area is 112 Å². The fourth-order valence-corrected chi connectivity index (χ4v) is 0. The summed E-state index contributed by atoms with van der Waals surface area (Å²) in [6.45, 7) is 0. The van der Waals surface area contributed by atoms with Crippen molar-refractivity contribution in [2.75, 3.05) is 0 Å². The SMILES string of the molecule is [CaH2].[CaH2].[MgH2].[Mn]. The van der Waals surface area contributed by atoms with Crippen LogP contribution in [0, 0.1) is 0 Å². The van der Waals surface area contributed by atoms with Gasteiger partial charge in [0.2, 0.25) is 0 Å². The first-order valence-corrected chi connectivity index (χ1v) is 0. The van der Waals surface area contributed by atoms with E-state index in [9.17, 15) is 0 Å². The first-order valence-electron chi connectivity index (χ1n) is 0. The van der Waals surface area contributed by atoms with Gasteiger partial charge in [-0.05, 0) is 0 Å². The molecular formula is H6Ca2MgMn. The first-order chi connectivity index (χ1) is 0. The summed E-state index contributed by atoms with van der Waals surface area (Å²) < 4.78 is 0. The first kappa shape index (κ1) is 25.0. The van der Waals surface area contributed by atoms with Gasteiger partial charge in [-0.25, -0.2) is 0 Å². The normalized spacial score (nSPS) is 0. The molecule has 4 heteroatoms. The van der Waals surface area contributed by atoms with Gasteiger partial charge in [0.15, 0.2) is 0 Å². The van der Waals surface area contributed by atoms with E-state index in [1.54, 1.807) is 0 Å². The van der Waals surface area contributed by atoms with Gasteiger partial charge in [-0.2, -0.15) is 0 Å². The van der Waals surface area contributed by atoms with E-state index in [1.807, 2.05) is 0 Å². The zero-order valence-electron chi connectivity index (χ0n) is 0.378. The van der Waals surface area contributed by atoms with Crippen LogP contribution in [0.4, 0.5) is 0 Å². The molecule has 1 radical (unpaired) electrons. The van der Waals surface area contributed by atoms with Crippen LogP contribution in [-0.2, 0) is 17.1 Å². The van der Waals surface area contributed by atoms with E-state index >= 15 is 0 Å². The Kier molecular flexibility index (Phi) is 98.8. The van der Waals surface area contributed by atoms with E-state index in [0.29, 0.717) is 0 Å². The molecular weight excluding hydrogens is 159 g/mol. The summed E-state index contributed by atoms with van der Waals surface area (Å²) in [5.74, 6) is 0. The van der Waals surface area contributed by atoms with Gasteiger partial charge >= 0.3 is 98.5 Å². The molecule has 0 bridgehead atoms. The molecule has 0 unspecified atom stereocenters. The molecule has 0 rings (SSSR count). The van der Waals surface area contributed by atoms with Crippen molar-refractivity contribution < 1.29 is 17.1 Å². The number of hydrogen-bond acceptors (Lipinski definition) is 0. The third-order valence-electron chi connectivity index (χ3n) is 0. The topological polar surface area (TPSA) is 0 Å². The molecule has 0 saturated carbocycles. The van der Waals surface area contributed by atoms with Crippen molar-refractivity contribution >= 4 is 98.5 Å². The zero-order chi connectivity index (χ0) is 0. The van der Waals surface area contributed by atoms with Gasteiger partial charge in [0.1, 0.15) is 0 Å². The Hall–Kier alpha value is 3.81. The van der Waals surface area contributed by atoms with Crippen LogP contribution in [-0.4, -0.2) is 98.5 Å².